The number of esters is 1. The molecule has 0 radical (unpaired) electrons. The first-order valence-electron chi connectivity index (χ1n) is 9.85. The maximum absolute atomic E-state index is 12.3. The van der Waals surface area contributed by atoms with Crippen LogP contribution >= 0.6 is 0 Å². The Labute approximate surface area is 175 Å². The molecule has 156 valence electrons. The van der Waals surface area contributed by atoms with Gasteiger partial charge in [-0.3, -0.25) is 14.4 Å². The first-order chi connectivity index (χ1) is 14.4. The molecule has 1 atom stereocenters. The number of amides is 2. The van der Waals surface area contributed by atoms with E-state index in [1.165, 1.54) is 6.92 Å². The van der Waals surface area contributed by atoms with Gasteiger partial charge >= 0.3 is 5.97 Å². The van der Waals surface area contributed by atoms with Crippen LogP contribution in [0.2, 0.25) is 0 Å². The van der Waals surface area contributed by atoms with Crippen LogP contribution in [-0.4, -0.2) is 42.8 Å². The summed E-state index contributed by atoms with van der Waals surface area (Å²) in [5.41, 5.74) is 1.81. The van der Waals surface area contributed by atoms with Crippen LogP contribution in [0.5, 0.6) is 0 Å². The molecule has 1 N–H and O–H groups in total. The second kappa shape index (κ2) is 9.82. The van der Waals surface area contributed by atoms with Crippen LogP contribution < -0.4 is 10.2 Å². The predicted octanol–water partition coefficient (Wildman–Crippen LogP) is 2.29. The average Bonchev–Trinajstić information content (AvgIpc) is 3.18. The number of ketones is 1. The lowest BCUT2D eigenvalue weighted by molar-refractivity contribution is -0.128. The molecule has 1 fully saturated rings. The minimum atomic E-state index is -0.692. The number of nitrogens with one attached hydrogen (secondary N) is 1. The highest BCUT2D eigenvalue weighted by Crippen LogP contribution is 2.22. The number of benzene rings is 2. The molecule has 1 aliphatic rings. The topological polar surface area (TPSA) is 92.8 Å². The van der Waals surface area contributed by atoms with Gasteiger partial charge in [-0.2, -0.15) is 0 Å². The summed E-state index contributed by atoms with van der Waals surface area (Å²) >= 11 is 0. The van der Waals surface area contributed by atoms with E-state index in [0.717, 1.165) is 12.0 Å². The van der Waals surface area contributed by atoms with Crippen LogP contribution in [-0.2, 0) is 25.5 Å². The number of carbonyl (C=O) groups excluding carboxylic acids is 4. The third kappa shape index (κ3) is 5.53. The third-order valence-corrected chi connectivity index (χ3v) is 4.91. The second-order valence-electron chi connectivity index (χ2n) is 7.20. The number of anilines is 1. The standard InChI is InChI=1S/C23H24N2O5/c1-16(26)20(13-17-7-3-2-4-8-17)24-21(27)15-30-23(29)18-9-5-10-19(14-18)25-12-6-11-22(25)28/h2-5,7-10,14,20H,6,11-13,15H2,1H3,(H,24,27)/t20-/m1/s1. The molecule has 1 aliphatic heterocycles. The molecule has 2 amide bonds. The Morgan fingerprint density at radius 1 is 1.10 bits per heavy atom. The van der Waals surface area contributed by atoms with E-state index in [-0.39, 0.29) is 17.3 Å². The maximum Gasteiger partial charge on any atom is 0.338 e. The van der Waals surface area contributed by atoms with Crippen molar-refractivity contribution >= 4 is 29.3 Å². The van der Waals surface area contributed by atoms with Gasteiger partial charge in [0.2, 0.25) is 5.91 Å². The van der Waals surface area contributed by atoms with Crippen molar-refractivity contribution in [2.24, 2.45) is 0 Å². The Hall–Kier alpha value is -3.48. The number of hydrogen-bond donors (Lipinski definition) is 1. The molecule has 0 aromatic heterocycles. The van der Waals surface area contributed by atoms with Crippen molar-refractivity contribution in [2.75, 3.05) is 18.1 Å². The number of rotatable bonds is 8. The lowest BCUT2D eigenvalue weighted by atomic mass is 10.0. The van der Waals surface area contributed by atoms with E-state index in [1.807, 2.05) is 30.3 Å². The fourth-order valence-corrected chi connectivity index (χ4v) is 3.32. The van der Waals surface area contributed by atoms with Gasteiger partial charge in [-0.1, -0.05) is 36.4 Å². The summed E-state index contributed by atoms with van der Waals surface area (Å²) in [6.07, 6.45) is 1.64. The van der Waals surface area contributed by atoms with Crippen molar-refractivity contribution in [1.29, 1.82) is 0 Å². The third-order valence-electron chi connectivity index (χ3n) is 4.91. The molecule has 0 saturated carbocycles. The predicted molar refractivity (Wildman–Crippen MR) is 111 cm³/mol. The van der Waals surface area contributed by atoms with Gasteiger partial charge in [-0.25, -0.2) is 4.79 Å². The number of hydrogen-bond acceptors (Lipinski definition) is 5. The SMILES string of the molecule is CC(=O)[C@@H](Cc1ccccc1)NC(=O)COC(=O)c1cccc(N2CCCC2=O)c1. The molecule has 7 heteroatoms. The molecule has 2 aromatic rings. The minimum absolute atomic E-state index is 0.0218. The van der Waals surface area contributed by atoms with Gasteiger partial charge in [-0.15, -0.1) is 0 Å². The van der Waals surface area contributed by atoms with Crippen molar-refractivity contribution in [1.82, 2.24) is 5.32 Å². The summed E-state index contributed by atoms with van der Waals surface area (Å²) in [7, 11) is 0. The summed E-state index contributed by atoms with van der Waals surface area (Å²) < 4.78 is 5.10. The summed E-state index contributed by atoms with van der Waals surface area (Å²) in [4.78, 5) is 49.9. The number of nitrogens with zero attached hydrogens (tertiary/aromatic N) is 1. The Morgan fingerprint density at radius 3 is 2.53 bits per heavy atom. The molecular weight excluding hydrogens is 384 g/mol. The second-order valence-corrected chi connectivity index (χ2v) is 7.20. The first kappa shape index (κ1) is 21.2. The van der Waals surface area contributed by atoms with Crippen LogP contribution in [0.4, 0.5) is 5.69 Å². The Bertz CT molecular complexity index is 942. The van der Waals surface area contributed by atoms with Crippen molar-refractivity contribution in [3.63, 3.8) is 0 Å². The van der Waals surface area contributed by atoms with E-state index in [1.54, 1.807) is 29.2 Å². The van der Waals surface area contributed by atoms with Crippen LogP contribution in [0, 0.1) is 0 Å². The Kier molecular flexibility index (Phi) is 6.95. The molecule has 0 spiro atoms. The van der Waals surface area contributed by atoms with E-state index in [0.29, 0.717) is 25.1 Å². The summed E-state index contributed by atoms with van der Waals surface area (Å²) in [6.45, 7) is 1.53. The number of carbonyl (C=O) groups is 4. The van der Waals surface area contributed by atoms with E-state index in [2.05, 4.69) is 5.32 Å². The molecule has 7 nitrogen and oxygen atoms in total. The fourth-order valence-electron chi connectivity index (χ4n) is 3.32. The van der Waals surface area contributed by atoms with Crippen LogP contribution in [0.15, 0.2) is 54.6 Å². The quantitative estimate of drug-likeness (QED) is 0.677. The van der Waals surface area contributed by atoms with Crippen LogP contribution in [0.25, 0.3) is 0 Å². The first-order valence-corrected chi connectivity index (χ1v) is 9.85. The van der Waals surface area contributed by atoms with Crippen LogP contribution in [0.3, 0.4) is 0 Å². The van der Waals surface area contributed by atoms with Gasteiger partial charge in [-0.05, 0) is 43.5 Å². The summed E-state index contributed by atoms with van der Waals surface area (Å²) in [5.74, 6) is -1.37. The van der Waals surface area contributed by atoms with E-state index >= 15 is 0 Å². The van der Waals surface area contributed by atoms with Gasteiger partial charge in [0.1, 0.15) is 0 Å². The molecule has 0 unspecified atom stereocenters. The van der Waals surface area contributed by atoms with Gasteiger partial charge in [0, 0.05) is 18.7 Å². The highest BCUT2D eigenvalue weighted by atomic mass is 16.5. The monoisotopic (exact) mass is 408 g/mol. The number of Topliss-reactive ketones (excluding diaryl/α,β-unsaturated/α-hetero) is 1. The number of ether oxygens (including phenoxy) is 1. The lowest BCUT2D eigenvalue weighted by Gasteiger charge is -2.17. The van der Waals surface area contributed by atoms with Crippen molar-refractivity contribution in [2.45, 2.75) is 32.2 Å². The Balaban J connectivity index is 1.55. The Morgan fingerprint density at radius 2 is 1.87 bits per heavy atom. The highest BCUT2D eigenvalue weighted by Gasteiger charge is 2.23. The van der Waals surface area contributed by atoms with Crippen molar-refractivity contribution < 1.29 is 23.9 Å². The molecule has 1 heterocycles. The minimum Gasteiger partial charge on any atom is -0.452 e. The molecule has 0 bridgehead atoms. The lowest BCUT2D eigenvalue weighted by Crippen LogP contribution is -2.43. The van der Waals surface area contributed by atoms with Gasteiger partial charge in [0.25, 0.3) is 5.91 Å². The summed E-state index contributed by atoms with van der Waals surface area (Å²) in [5, 5.41) is 2.62. The average molecular weight is 408 g/mol. The normalized spacial score (nSPS) is 14.3. The van der Waals surface area contributed by atoms with Gasteiger partial charge in [0.05, 0.1) is 11.6 Å². The summed E-state index contributed by atoms with van der Waals surface area (Å²) in [6, 6.07) is 15.2. The van der Waals surface area contributed by atoms with Crippen molar-refractivity contribution in [3.05, 3.63) is 65.7 Å². The zero-order valence-corrected chi connectivity index (χ0v) is 16.8. The van der Waals surface area contributed by atoms with Gasteiger partial charge in [0.15, 0.2) is 12.4 Å². The molecule has 3 rings (SSSR count). The van der Waals surface area contributed by atoms with E-state index in [4.69, 9.17) is 4.74 Å². The zero-order chi connectivity index (χ0) is 21.5. The fraction of sp³-hybridized carbons (Fsp3) is 0.304. The van der Waals surface area contributed by atoms with Crippen molar-refractivity contribution in [3.8, 4) is 0 Å². The van der Waals surface area contributed by atoms with E-state index < -0.39 is 24.5 Å². The molecule has 0 aliphatic carbocycles. The molecule has 2 aromatic carbocycles. The molecule has 30 heavy (non-hydrogen) atoms. The zero-order valence-electron chi connectivity index (χ0n) is 16.8. The molecular formula is C23H24N2O5. The largest absolute Gasteiger partial charge is 0.452 e. The highest BCUT2D eigenvalue weighted by molar-refractivity contribution is 5.98. The molecule has 1 saturated heterocycles. The van der Waals surface area contributed by atoms with E-state index in [9.17, 15) is 19.2 Å². The van der Waals surface area contributed by atoms with Crippen LogP contribution in [0.1, 0.15) is 35.7 Å². The van der Waals surface area contributed by atoms with Gasteiger partial charge < -0.3 is 15.0 Å². The smallest absolute Gasteiger partial charge is 0.338 e. The maximum atomic E-state index is 12.3.